The fourth-order valence-corrected chi connectivity index (χ4v) is 1.27. The minimum Gasteiger partial charge on any atom is -0.372 e. The summed E-state index contributed by atoms with van der Waals surface area (Å²) >= 11 is 0. The molecule has 0 aliphatic rings. The fourth-order valence-electron chi connectivity index (χ4n) is 1.27. The number of fused-ring (bicyclic) bond motifs is 1. The van der Waals surface area contributed by atoms with Gasteiger partial charge in [-0.05, 0) is 0 Å². The monoisotopic (exact) mass is 206 g/mol. The molecule has 0 aliphatic carbocycles. The maximum atomic E-state index is 10.6. The topological polar surface area (TPSA) is 70.7 Å². The summed E-state index contributed by atoms with van der Waals surface area (Å²) < 4.78 is 0. The number of hydrogen-bond acceptors (Lipinski definition) is 4. The zero-order chi connectivity index (χ0) is 11.3. The standard InChI is InChI=1S/C8H8N4O.C2H6/c1-9-7-6-5(3-13)2-10-8(6)12-4-11-7;1-2/h2-4H,1H3,(H2,9,10,11,12);1-2H3. The maximum absolute atomic E-state index is 10.6. The minimum absolute atomic E-state index is 0.569. The van der Waals surface area contributed by atoms with Crippen LogP contribution in [0.2, 0.25) is 0 Å². The Bertz CT molecular complexity index is 450. The summed E-state index contributed by atoms with van der Waals surface area (Å²) in [5, 5.41) is 3.64. The van der Waals surface area contributed by atoms with E-state index in [2.05, 4.69) is 20.3 Å². The molecule has 0 radical (unpaired) electrons. The van der Waals surface area contributed by atoms with E-state index in [-0.39, 0.29) is 0 Å². The maximum Gasteiger partial charge on any atom is 0.152 e. The van der Waals surface area contributed by atoms with Crippen molar-refractivity contribution in [2.24, 2.45) is 0 Å². The normalized spacial score (nSPS) is 9.27. The number of aldehydes is 1. The van der Waals surface area contributed by atoms with Crippen LogP contribution in [0.1, 0.15) is 24.2 Å². The molecule has 2 aromatic rings. The van der Waals surface area contributed by atoms with Gasteiger partial charge in [0.1, 0.15) is 17.8 Å². The lowest BCUT2D eigenvalue weighted by molar-refractivity contribution is 0.112. The van der Waals surface area contributed by atoms with Crippen molar-refractivity contribution in [3.05, 3.63) is 18.1 Å². The molecule has 2 heterocycles. The number of rotatable bonds is 2. The van der Waals surface area contributed by atoms with E-state index in [1.165, 1.54) is 6.33 Å². The Labute approximate surface area is 87.9 Å². The van der Waals surface area contributed by atoms with Crippen LogP contribution in [0.15, 0.2) is 12.5 Å². The lowest BCUT2D eigenvalue weighted by atomic mass is 10.2. The van der Waals surface area contributed by atoms with E-state index in [9.17, 15) is 4.79 Å². The van der Waals surface area contributed by atoms with Crippen LogP contribution >= 0.6 is 0 Å². The third-order valence-electron chi connectivity index (χ3n) is 1.86. The average molecular weight is 206 g/mol. The van der Waals surface area contributed by atoms with Crippen molar-refractivity contribution >= 4 is 23.1 Å². The molecular weight excluding hydrogens is 192 g/mol. The van der Waals surface area contributed by atoms with Gasteiger partial charge < -0.3 is 10.3 Å². The first-order valence-corrected chi connectivity index (χ1v) is 4.82. The molecule has 0 saturated carbocycles. The van der Waals surface area contributed by atoms with Crippen LogP contribution in [0.5, 0.6) is 0 Å². The molecule has 0 unspecified atom stereocenters. The molecule has 80 valence electrons. The average Bonchev–Trinajstić information content (AvgIpc) is 2.74. The number of hydrogen-bond donors (Lipinski definition) is 2. The van der Waals surface area contributed by atoms with Crippen LogP contribution in [0.25, 0.3) is 11.0 Å². The molecule has 15 heavy (non-hydrogen) atoms. The van der Waals surface area contributed by atoms with E-state index in [1.807, 2.05) is 13.8 Å². The molecule has 2 N–H and O–H groups in total. The van der Waals surface area contributed by atoms with Crippen LogP contribution in [0.4, 0.5) is 5.82 Å². The Morgan fingerprint density at radius 3 is 2.73 bits per heavy atom. The predicted octanol–water partition coefficient (Wildman–Crippen LogP) is 1.84. The van der Waals surface area contributed by atoms with Gasteiger partial charge in [0.25, 0.3) is 0 Å². The highest BCUT2D eigenvalue weighted by atomic mass is 16.1. The summed E-state index contributed by atoms with van der Waals surface area (Å²) in [7, 11) is 1.75. The highest BCUT2D eigenvalue weighted by Gasteiger charge is 2.08. The number of aromatic amines is 1. The van der Waals surface area contributed by atoms with Crippen molar-refractivity contribution in [3.63, 3.8) is 0 Å². The first-order valence-electron chi connectivity index (χ1n) is 4.82. The molecule has 5 heteroatoms. The van der Waals surface area contributed by atoms with E-state index >= 15 is 0 Å². The van der Waals surface area contributed by atoms with Crippen molar-refractivity contribution in [1.29, 1.82) is 0 Å². The number of H-pyrrole nitrogens is 1. The van der Waals surface area contributed by atoms with Crippen molar-refractivity contribution in [1.82, 2.24) is 15.0 Å². The Morgan fingerprint density at radius 1 is 1.40 bits per heavy atom. The van der Waals surface area contributed by atoms with Crippen molar-refractivity contribution in [2.75, 3.05) is 12.4 Å². The Kier molecular flexibility index (Phi) is 3.79. The van der Waals surface area contributed by atoms with Gasteiger partial charge in [-0.15, -0.1) is 0 Å². The van der Waals surface area contributed by atoms with E-state index in [1.54, 1.807) is 13.2 Å². The molecular formula is C10H14N4O. The Balaban J connectivity index is 0.000000531. The SMILES string of the molecule is CC.CNc1ncnc2[nH]cc(C=O)c12. The number of nitrogens with zero attached hydrogens (tertiary/aromatic N) is 2. The van der Waals surface area contributed by atoms with E-state index < -0.39 is 0 Å². The molecule has 0 fully saturated rings. The zero-order valence-corrected chi connectivity index (χ0v) is 9.03. The second kappa shape index (κ2) is 5.09. The van der Waals surface area contributed by atoms with Crippen LogP contribution in [0.3, 0.4) is 0 Å². The van der Waals surface area contributed by atoms with Gasteiger partial charge in [0.2, 0.25) is 0 Å². The van der Waals surface area contributed by atoms with Crippen LogP contribution in [-0.2, 0) is 0 Å². The second-order valence-corrected chi connectivity index (χ2v) is 2.56. The molecule has 0 amide bonds. The zero-order valence-electron chi connectivity index (χ0n) is 9.03. The lowest BCUT2D eigenvalue weighted by Crippen LogP contribution is -1.94. The Hall–Kier alpha value is -1.91. The van der Waals surface area contributed by atoms with E-state index in [0.717, 1.165) is 11.7 Å². The molecule has 2 rings (SSSR count). The van der Waals surface area contributed by atoms with Crippen molar-refractivity contribution < 1.29 is 4.79 Å². The van der Waals surface area contributed by atoms with Gasteiger partial charge in [0.15, 0.2) is 6.29 Å². The summed E-state index contributed by atoms with van der Waals surface area (Å²) in [6, 6.07) is 0. The van der Waals surface area contributed by atoms with Gasteiger partial charge in [-0.2, -0.15) is 0 Å². The minimum atomic E-state index is 0.569. The number of aromatic nitrogens is 3. The van der Waals surface area contributed by atoms with Gasteiger partial charge in [0.05, 0.1) is 5.39 Å². The first-order chi connectivity index (χ1) is 7.36. The molecule has 2 aromatic heterocycles. The third kappa shape index (κ3) is 1.96. The molecule has 0 aliphatic heterocycles. The molecule has 0 bridgehead atoms. The van der Waals surface area contributed by atoms with E-state index in [4.69, 9.17) is 0 Å². The van der Waals surface area contributed by atoms with Gasteiger partial charge in [0, 0.05) is 18.8 Å². The molecule has 0 aromatic carbocycles. The molecule has 5 nitrogen and oxygen atoms in total. The quantitative estimate of drug-likeness (QED) is 0.735. The summed E-state index contributed by atoms with van der Waals surface area (Å²) in [5.74, 6) is 0.661. The summed E-state index contributed by atoms with van der Waals surface area (Å²) in [6.45, 7) is 4.00. The van der Waals surface area contributed by atoms with E-state index in [0.29, 0.717) is 17.0 Å². The van der Waals surface area contributed by atoms with Crippen LogP contribution < -0.4 is 5.32 Å². The number of carbonyl (C=O) groups excluding carboxylic acids is 1. The van der Waals surface area contributed by atoms with Gasteiger partial charge in [-0.3, -0.25) is 4.79 Å². The first kappa shape index (κ1) is 11.2. The van der Waals surface area contributed by atoms with Crippen LogP contribution in [-0.4, -0.2) is 28.3 Å². The van der Waals surface area contributed by atoms with Crippen molar-refractivity contribution in [2.45, 2.75) is 13.8 Å². The van der Waals surface area contributed by atoms with Gasteiger partial charge in [-0.25, -0.2) is 9.97 Å². The summed E-state index contributed by atoms with van der Waals surface area (Å²) in [5.41, 5.74) is 1.24. The highest BCUT2D eigenvalue weighted by molar-refractivity contribution is 6.01. The Morgan fingerprint density at radius 2 is 2.13 bits per heavy atom. The smallest absolute Gasteiger partial charge is 0.152 e. The number of anilines is 1. The number of nitrogens with one attached hydrogen (secondary N) is 2. The second-order valence-electron chi connectivity index (χ2n) is 2.56. The molecule has 0 atom stereocenters. The van der Waals surface area contributed by atoms with Crippen LogP contribution in [0, 0.1) is 0 Å². The largest absolute Gasteiger partial charge is 0.372 e. The summed E-state index contributed by atoms with van der Waals surface area (Å²) in [6.07, 6.45) is 3.84. The summed E-state index contributed by atoms with van der Waals surface area (Å²) in [4.78, 5) is 21.5. The van der Waals surface area contributed by atoms with Gasteiger partial charge >= 0.3 is 0 Å². The number of carbonyl (C=O) groups is 1. The van der Waals surface area contributed by atoms with Gasteiger partial charge in [-0.1, -0.05) is 13.8 Å². The lowest BCUT2D eigenvalue weighted by Gasteiger charge is -1.99. The fraction of sp³-hybridized carbons (Fsp3) is 0.300. The molecule has 0 saturated heterocycles. The molecule has 0 spiro atoms. The predicted molar refractivity (Wildman–Crippen MR) is 60.2 cm³/mol. The van der Waals surface area contributed by atoms with Crippen molar-refractivity contribution in [3.8, 4) is 0 Å². The highest BCUT2D eigenvalue weighted by Crippen LogP contribution is 2.20. The third-order valence-corrected chi connectivity index (χ3v) is 1.86.